The molecule has 0 bridgehead atoms. The minimum absolute atomic E-state index is 0.343. The van der Waals surface area contributed by atoms with Crippen molar-refractivity contribution < 1.29 is 25.2 Å². The zero-order valence-corrected chi connectivity index (χ0v) is 41.8. The molecule has 0 aliphatic heterocycles. The minimum Gasteiger partial charge on any atom is -0.394 e. The van der Waals surface area contributed by atoms with Gasteiger partial charge in [-0.25, -0.2) is 0 Å². The Bertz CT molecular complexity index is 1040. The van der Waals surface area contributed by atoms with Gasteiger partial charge in [-0.15, -0.1) is 0 Å². The van der Waals surface area contributed by atoms with E-state index in [1.165, 1.54) is 180 Å². The van der Waals surface area contributed by atoms with Gasteiger partial charge in [-0.2, -0.15) is 0 Å². The molecule has 63 heavy (non-hydrogen) atoms. The molecule has 0 aromatic heterocycles. The largest absolute Gasteiger partial charge is 0.394 e. The van der Waals surface area contributed by atoms with Crippen molar-refractivity contribution in [2.45, 2.75) is 301 Å². The van der Waals surface area contributed by atoms with Crippen LogP contribution in [-0.2, 0) is 4.79 Å². The summed E-state index contributed by atoms with van der Waals surface area (Å²) in [6, 6.07) is -1.02. The number of amides is 1. The van der Waals surface area contributed by atoms with Crippen LogP contribution in [0.2, 0.25) is 0 Å². The molecular weight excluding hydrogens is 779 g/mol. The van der Waals surface area contributed by atoms with Crippen LogP contribution in [0.3, 0.4) is 0 Å². The van der Waals surface area contributed by atoms with Crippen LogP contribution < -0.4 is 5.32 Å². The first-order chi connectivity index (χ1) is 31.0. The summed E-state index contributed by atoms with van der Waals surface area (Å²) in [6.45, 7) is 4.04. The van der Waals surface area contributed by atoms with Crippen molar-refractivity contribution in [1.82, 2.24) is 5.32 Å². The highest BCUT2D eigenvalue weighted by atomic mass is 16.3. The lowest BCUT2D eigenvalue weighted by Crippen LogP contribution is -2.53. The fourth-order valence-corrected chi connectivity index (χ4v) is 8.37. The number of carbonyl (C=O) groups is 1. The average Bonchev–Trinajstić information content (AvgIpc) is 3.29. The highest BCUT2D eigenvalue weighted by molar-refractivity contribution is 5.80. The lowest BCUT2D eigenvalue weighted by atomic mass is 10.00. The van der Waals surface area contributed by atoms with Crippen molar-refractivity contribution in [3.63, 3.8) is 0 Å². The molecule has 0 aromatic rings. The Balaban J connectivity index is 3.70. The molecule has 4 unspecified atom stereocenters. The van der Waals surface area contributed by atoms with Crippen molar-refractivity contribution in [3.8, 4) is 0 Å². The lowest BCUT2D eigenvalue weighted by Gasteiger charge is -2.27. The van der Waals surface area contributed by atoms with Crippen LogP contribution in [0.15, 0.2) is 48.6 Å². The van der Waals surface area contributed by atoms with Crippen LogP contribution in [0.25, 0.3) is 0 Å². The van der Waals surface area contributed by atoms with E-state index in [4.69, 9.17) is 0 Å². The van der Waals surface area contributed by atoms with Crippen LogP contribution in [0.1, 0.15) is 277 Å². The molecule has 370 valence electrons. The fourth-order valence-electron chi connectivity index (χ4n) is 8.37. The number of aliphatic hydroxyl groups is 4. The summed E-state index contributed by atoms with van der Waals surface area (Å²) in [5, 5.41) is 43.8. The molecule has 6 nitrogen and oxygen atoms in total. The summed E-state index contributed by atoms with van der Waals surface area (Å²) in [7, 11) is 0. The molecule has 5 N–H and O–H groups in total. The number of hydrogen-bond acceptors (Lipinski definition) is 5. The molecule has 0 aliphatic rings. The second kappa shape index (κ2) is 51.3. The molecule has 0 rings (SSSR count). The monoisotopic (exact) mass is 886 g/mol. The quantitative estimate of drug-likeness (QED) is 0.0309. The summed E-state index contributed by atoms with van der Waals surface area (Å²) in [4.78, 5) is 12.5. The van der Waals surface area contributed by atoms with Crippen molar-refractivity contribution in [2.24, 2.45) is 0 Å². The highest BCUT2D eigenvalue weighted by Crippen LogP contribution is 2.16. The first kappa shape index (κ1) is 61.3. The van der Waals surface area contributed by atoms with Crippen LogP contribution in [-0.4, -0.2) is 57.3 Å². The van der Waals surface area contributed by atoms with E-state index in [9.17, 15) is 25.2 Å². The zero-order valence-electron chi connectivity index (χ0n) is 41.8. The number of carbonyl (C=O) groups excluding carboxylic acids is 1. The number of allylic oxidation sites excluding steroid dienone is 8. The summed E-state index contributed by atoms with van der Waals surface area (Å²) >= 11 is 0. The van der Waals surface area contributed by atoms with Crippen molar-refractivity contribution in [2.75, 3.05) is 6.61 Å². The van der Waals surface area contributed by atoms with E-state index in [1.54, 1.807) is 0 Å². The Hall–Kier alpha value is -1.73. The third kappa shape index (κ3) is 45.2. The number of hydrogen-bond donors (Lipinski definition) is 5. The zero-order chi connectivity index (χ0) is 45.9. The molecule has 4 atom stereocenters. The second-order valence-corrected chi connectivity index (χ2v) is 18.9. The maximum absolute atomic E-state index is 12.5. The average molecular weight is 886 g/mol. The number of aliphatic hydroxyl groups excluding tert-OH is 4. The number of nitrogens with one attached hydrogen (secondary N) is 1. The smallest absolute Gasteiger partial charge is 0.249 e. The molecule has 0 saturated carbocycles. The van der Waals surface area contributed by atoms with Crippen LogP contribution in [0.5, 0.6) is 0 Å². The van der Waals surface area contributed by atoms with E-state index < -0.39 is 36.9 Å². The van der Waals surface area contributed by atoms with E-state index in [1.807, 2.05) is 0 Å². The van der Waals surface area contributed by atoms with E-state index in [-0.39, 0.29) is 0 Å². The minimum atomic E-state index is -1.30. The number of unbranched alkanes of at least 4 members (excludes halogenated alkanes) is 33. The van der Waals surface area contributed by atoms with Gasteiger partial charge in [0, 0.05) is 0 Å². The van der Waals surface area contributed by atoms with E-state index in [0.29, 0.717) is 19.3 Å². The number of rotatable bonds is 50. The topological polar surface area (TPSA) is 110 Å². The highest BCUT2D eigenvalue weighted by Gasteiger charge is 2.28. The Morgan fingerprint density at radius 1 is 0.381 bits per heavy atom. The standard InChI is InChI=1S/C57H107NO5/c1-3-5-7-9-11-13-15-17-19-20-21-22-23-24-25-26-27-28-29-30-31-32-33-34-35-37-38-40-42-44-46-48-50-54(60)56(62)53(52-59)58-57(63)55(61)51-49-47-45-43-41-39-36-18-16-14-12-10-8-6-4-2/h31-32,35-37,39,42,44,53-56,59-62H,3-30,33-34,38,40-41,43,45-52H2,1-2H3,(H,58,63)/b32-31+,37-35+,39-36-,44-42+. The summed E-state index contributed by atoms with van der Waals surface area (Å²) in [6.07, 6.45) is 64.7. The third-order valence-corrected chi connectivity index (χ3v) is 12.7. The van der Waals surface area contributed by atoms with E-state index in [0.717, 1.165) is 64.2 Å². The van der Waals surface area contributed by atoms with Gasteiger partial charge in [0.25, 0.3) is 0 Å². The maximum atomic E-state index is 12.5. The van der Waals surface area contributed by atoms with Gasteiger partial charge in [0.1, 0.15) is 12.2 Å². The van der Waals surface area contributed by atoms with Gasteiger partial charge in [-0.1, -0.05) is 236 Å². The van der Waals surface area contributed by atoms with Gasteiger partial charge >= 0.3 is 0 Å². The van der Waals surface area contributed by atoms with Crippen LogP contribution in [0, 0.1) is 0 Å². The Labute approximate surface area is 391 Å². The normalized spacial score (nSPS) is 14.2. The molecule has 0 radical (unpaired) electrons. The van der Waals surface area contributed by atoms with Crippen molar-refractivity contribution in [3.05, 3.63) is 48.6 Å². The van der Waals surface area contributed by atoms with Gasteiger partial charge in [0.15, 0.2) is 0 Å². The van der Waals surface area contributed by atoms with E-state index in [2.05, 4.69) is 67.8 Å². The molecule has 0 aliphatic carbocycles. The SMILES string of the molecule is CCCCCCCCC/C=C\CCCCCCC(O)C(=O)NC(CO)C(O)C(O)CCC/C=C/CC/C=C/CC/C=C/CCCCCCCCCCCCCCCCCCCCC. The first-order valence-electron chi connectivity index (χ1n) is 27.5. The van der Waals surface area contributed by atoms with Gasteiger partial charge in [0.2, 0.25) is 5.91 Å². The molecule has 0 fully saturated rings. The Kier molecular flexibility index (Phi) is 49.8. The lowest BCUT2D eigenvalue weighted by molar-refractivity contribution is -0.132. The van der Waals surface area contributed by atoms with Gasteiger partial charge in [0.05, 0.1) is 18.8 Å². The molecule has 0 spiro atoms. The fraction of sp³-hybridized carbons (Fsp3) is 0.842. The predicted octanol–water partition coefficient (Wildman–Crippen LogP) is 15.8. The second-order valence-electron chi connectivity index (χ2n) is 18.9. The van der Waals surface area contributed by atoms with Crippen LogP contribution in [0.4, 0.5) is 0 Å². The first-order valence-corrected chi connectivity index (χ1v) is 27.5. The molecule has 6 heteroatoms. The van der Waals surface area contributed by atoms with Crippen LogP contribution >= 0.6 is 0 Å². The molecule has 0 saturated heterocycles. The summed E-state index contributed by atoms with van der Waals surface area (Å²) < 4.78 is 0. The van der Waals surface area contributed by atoms with Gasteiger partial charge < -0.3 is 25.7 Å². The molecule has 0 heterocycles. The third-order valence-electron chi connectivity index (χ3n) is 12.7. The summed E-state index contributed by atoms with van der Waals surface area (Å²) in [5.74, 6) is -0.608. The van der Waals surface area contributed by atoms with E-state index >= 15 is 0 Å². The summed E-state index contributed by atoms with van der Waals surface area (Å²) in [5.41, 5.74) is 0. The maximum Gasteiger partial charge on any atom is 0.249 e. The van der Waals surface area contributed by atoms with Gasteiger partial charge in [-0.05, 0) is 89.9 Å². The Morgan fingerprint density at radius 2 is 0.667 bits per heavy atom. The van der Waals surface area contributed by atoms with Crippen molar-refractivity contribution >= 4 is 5.91 Å². The molecular formula is C57H107NO5. The van der Waals surface area contributed by atoms with Crippen molar-refractivity contribution in [1.29, 1.82) is 0 Å². The Morgan fingerprint density at radius 3 is 1.00 bits per heavy atom. The predicted molar refractivity (Wildman–Crippen MR) is 274 cm³/mol. The molecule has 1 amide bonds. The molecule has 0 aromatic carbocycles. The van der Waals surface area contributed by atoms with Gasteiger partial charge in [-0.3, -0.25) is 4.79 Å².